The summed E-state index contributed by atoms with van der Waals surface area (Å²) in [5, 5.41) is 11.2. The van der Waals surface area contributed by atoms with Crippen molar-refractivity contribution in [1.82, 2.24) is 5.32 Å². The van der Waals surface area contributed by atoms with Gasteiger partial charge in [-0.3, -0.25) is 4.79 Å². The van der Waals surface area contributed by atoms with Crippen LogP contribution in [-0.2, 0) is 14.3 Å². The van der Waals surface area contributed by atoms with Crippen LogP contribution in [0.5, 0.6) is 0 Å². The molecule has 0 fully saturated rings. The predicted octanol–water partition coefficient (Wildman–Crippen LogP) is 0.00230. The molecule has 13 heavy (non-hydrogen) atoms. The smallest absolute Gasteiger partial charge is 0.329 e. The number of methoxy groups -OCH3 is 1. The van der Waals surface area contributed by atoms with Gasteiger partial charge in [0.25, 0.3) is 0 Å². The van der Waals surface area contributed by atoms with Gasteiger partial charge in [0.2, 0.25) is 5.91 Å². The van der Waals surface area contributed by atoms with E-state index >= 15 is 0 Å². The summed E-state index contributed by atoms with van der Waals surface area (Å²) in [6.07, 6.45) is 0.248. The number of hydrogen-bond donors (Lipinski definition) is 2. The Bertz CT molecular complexity index is 204. The molecule has 76 valence electrons. The first kappa shape index (κ1) is 11.9. The maximum Gasteiger partial charge on any atom is 0.329 e. The van der Waals surface area contributed by atoms with E-state index in [0.29, 0.717) is 6.61 Å². The van der Waals surface area contributed by atoms with Gasteiger partial charge in [0.05, 0.1) is 0 Å². The normalized spacial score (nSPS) is 14.7. The standard InChI is InChI=1S/C8H15NO4/c1-6(10)9-8(2,7(11)12)4-5-13-3/h4-5H2,1-3H3,(H,9,10)(H,11,12). The molecule has 0 aliphatic carbocycles. The molecular weight excluding hydrogens is 174 g/mol. The molecule has 0 bridgehead atoms. The van der Waals surface area contributed by atoms with Gasteiger partial charge in [-0.1, -0.05) is 0 Å². The van der Waals surface area contributed by atoms with Crippen LogP contribution in [0.3, 0.4) is 0 Å². The second-order valence-corrected chi connectivity index (χ2v) is 3.06. The van der Waals surface area contributed by atoms with E-state index in [-0.39, 0.29) is 12.3 Å². The molecule has 5 nitrogen and oxygen atoms in total. The van der Waals surface area contributed by atoms with E-state index in [1.54, 1.807) is 0 Å². The Morgan fingerprint density at radius 1 is 1.54 bits per heavy atom. The average molecular weight is 189 g/mol. The van der Waals surface area contributed by atoms with Crippen molar-refractivity contribution in [2.24, 2.45) is 0 Å². The molecule has 0 aromatic heterocycles. The number of aliphatic carboxylic acids is 1. The summed E-state index contributed by atoms with van der Waals surface area (Å²) >= 11 is 0. The van der Waals surface area contributed by atoms with Gasteiger partial charge in [-0.2, -0.15) is 0 Å². The van der Waals surface area contributed by atoms with E-state index in [4.69, 9.17) is 9.84 Å². The lowest BCUT2D eigenvalue weighted by Gasteiger charge is -2.24. The lowest BCUT2D eigenvalue weighted by atomic mass is 9.98. The van der Waals surface area contributed by atoms with Crippen molar-refractivity contribution in [3.05, 3.63) is 0 Å². The number of carboxylic acid groups (broad SMARTS) is 1. The fraction of sp³-hybridized carbons (Fsp3) is 0.750. The average Bonchev–Trinajstić information content (AvgIpc) is 1.99. The molecule has 2 N–H and O–H groups in total. The van der Waals surface area contributed by atoms with Crippen molar-refractivity contribution in [2.45, 2.75) is 25.8 Å². The molecule has 1 amide bonds. The predicted molar refractivity (Wildman–Crippen MR) is 46.4 cm³/mol. The first-order chi connectivity index (χ1) is 5.92. The summed E-state index contributed by atoms with van der Waals surface area (Å²) in [5.41, 5.74) is -1.23. The number of carbonyl (C=O) groups is 2. The summed E-state index contributed by atoms with van der Waals surface area (Å²) < 4.78 is 4.75. The van der Waals surface area contributed by atoms with Crippen molar-refractivity contribution in [1.29, 1.82) is 0 Å². The molecular formula is C8H15NO4. The molecule has 0 aromatic rings. The van der Waals surface area contributed by atoms with Crippen LogP contribution in [0, 0.1) is 0 Å². The van der Waals surface area contributed by atoms with Gasteiger partial charge in [-0.15, -0.1) is 0 Å². The molecule has 1 atom stereocenters. The third kappa shape index (κ3) is 3.89. The number of rotatable bonds is 5. The van der Waals surface area contributed by atoms with Crippen molar-refractivity contribution < 1.29 is 19.4 Å². The van der Waals surface area contributed by atoms with Crippen LogP contribution < -0.4 is 5.32 Å². The van der Waals surface area contributed by atoms with Crippen molar-refractivity contribution in [2.75, 3.05) is 13.7 Å². The van der Waals surface area contributed by atoms with Crippen molar-refractivity contribution in [3.8, 4) is 0 Å². The Labute approximate surface area is 77.1 Å². The quantitative estimate of drug-likeness (QED) is 0.638. The van der Waals surface area contributed by atoms with Gasteiger partial charge in [-0.05, 0) is 6.92 Å². The highest BCUT2D eigenvalue weighted by molar-refractivity contribution is 5.85. The number of hydrogen-bond acceptors (Lipinski definition) is 3. The second kappa shape index (κ2) is 4.81. The first-order valence-corrected chi connectivity index (χ1v) is 3.93. The number of carbonyl (C=O) groups excluding carboxylic acids is 1. The summed E-state index contributed by atoms with van der Waals surface area (Å²) in [6, 6.07) is 0. The molecule has 0 rings (SSSR count). The van der Waals surface area contributed by atoms with Gasteiger partial charge >= 0.3 is 5.97 Å². The fourth-order valence-electron chi connectivity index (χ4n) is 0.918. The summed E-state index contributed by atoms with van der Waals surface area (Å²) in [7, 11) is 1.48. The van der Waals surface area contributed by atoms with Crippen LogP contribution in [0.25, 0.3) is 0 Å². The summed E-state index contributed by atoms with van der Waals surface area (Å²) in [4.78, 5) is 21.5. The van der Waals surface area contributed by atoms with Gasteiger partial charge in [0.1, 0.15) is 5.54 Å². The van der Waals surface area contributed by atoms with E-state index in [9.17, 15) is 9.59 Å². The van der Waals surface area contributed by atoms with Crippen LogP contribution in [0.2, 0.25) is 0 Å². The maximum atomic E-state index is 10.8. The zero-order valence-electron chi connectivity index (χ0n) is 8.09. The topological polar surface area (TPSA) is 75.6 Å². The van der Waals surface area contributed by atoms with Crippen LogP contribution in [0.4, 0.5) is 0 Å². The van der Waals surface area contributed by atoms with Crippen LogP contribution >= 0.6 is 0 Å². The largest absolute Gasteiger partial charge is 0.480 e. The summed E-state index contributed by atoms with van der Waals surface area (Å²) in [5.74, 6) is -1.42. The third-order valence-electron chi connectivity index (χ3n) is 1.73. The van der Waals surface area contributed by atoms with Gasteiger partial charge in [0, 0.05) is 27.1 Å². The van der Waals surface area contributed by atoms with Gasteiger partial charge in [0.15, 0.2) is 0 Å². The number of ether oxygens (including phenoxy) is 1. The second-order valence-electron chi connectivity index (χ2n) is 3.06. The number of amides is 1. The maximum absolute atomic E-state index is 10.8. The molecule has 0 aromatic carbocycles. The molecule has 0 aliphatic heterocycles. The van der Waals surface area contributed by atoms with Crippen LogP contribution in [0.15, 0.2) is 0 Å². The van der Waals surface area contributed by atoms with Crippen molar-refractivity contribution in [3.63, 3.8) is 0 Å². The van der Waals surface area contributed by atoms with E-state index in [0.717, 1.165) is 0 Å². The zero-order valence-corrected chi connectivity index (χ0v) is 8.09. The fourth-order valence-corrected chi connectivity index (χ4v) is 0.918. The third-order valence-corrected chi connectivity index (χ3v) is 1.73. The molecule has 0 heterocycles. The van der Waals surface area contributed by atoms with E-state index in [2.05, 4.69) is 5.32 Å². The minimum absolute atomic E-state index is 0.248. The molecule has 5 heteroatoms. The SMILES string of the molecule is COCCC(C)(NC(C)=O)C(=O)O. The zero-order chi connectivity index (χ0) is 10.5. The minimum Gasteiger partial charge on any atom is -0.480 e. The first-order valence-electron chi connectivity index (χ1n) is 3.93. The Balaban J connectivity index is 4.34. The van der Waals surface area contributed by atoms with E-state index < -0.39 is 11.5 Å². The monoisotopic (exact) mass is 189 g/mol. The number of carboxylic acids is 1. The summed E-state index contributed by atoms with van der Waals surface area (Å²) in [6.45, 7) is 3.03. The number of nitrogens with one attached hydrogen (secondary N) is 1. The molecule has 0 saturated heterocycles. The highest BCUT2D eigenvalue weighted by Crippen LogP contribution is 2.09. The Kier molecular flexibility index (Phi) is 4.40. The Morgan fingerprint density at radius 2 is 2.08 bits per heavy atom. The Hall–Kier alpha value is -1.10. The highest BCUT2D eigenvalue weighted by Gasteiger charge is 2.33. The molecule has 1 unspecified atom stereocenters. The lowest BCUT2D eigenvalue weighted by molar-refractivity contribution is -0.147. The van der Waals surface area contributed by atoms with E-state index in [1.807, 2.05) is 0 Å². The molecule has 0 spiro atoms. The molecule has 0 aliphatic rings. The van der Waals surface area contributed by atoms with Crippen molar-refractivity contribution >= 4 is 11.9 Å². The van der Waals surface area contributed by atoms with Crippen LogP contribution in [-0.4, -0.2) is 36.2 Å². The Morgan fingerprint density at radius 3 is 2.38 bits per heavy atom. The molecule has 0 saturated carbocycles. The highest BCUT2D eigenvalue weighted by atomic mass is 16.5. The van der Waals surface area contributed by atoms with E-state index in [1.165, 1.54) is 21.0 Å². The van der Waals surface area contributed by atoms with Gasteiger partial charge in [-0.25, -0.2) is 4.79 Å². The lowest BCUT2D eigenvalue weighted by Crippen LogP contribution is -2.52. The van der Waals surface area contributed by atoms with Gasteiger partial charge < -0.3 is 15.2 Å². The van der Waals surface area contributed by atoms with Crippen LogP contribution in [0.1, 0.15) is 20.3 Å². The molecule has 0 radical (unpaired) electrons. The minimum atomic E-state index is -1.23.